The molecule has 0 bridgehead atoms. The Hall–Kier alpha value is -2.37. The highest BCUT2D eigenvalue weighted by atomic mass is 16.3. The number of aliphatic hydroxyl groups is 1. The van der Waals surface area contributed by atoms with Crippen LogP contribution in [-0.4, -0.2) is 52.7 Å². The molecule has 0 atom stereocenters. The summed E-state index contributed by atoms with van der Waals surface area (Å²) in [5, 5.41) is 9.46. The number of aromatic nitrogens is 2. The first-order valence-corrected chi connectivity index (χ1v) is 8.92. The molecule has 130 valence electrons. The number of fused-ring (bicyclic) bond motifs is 1. The van der Waals surface area contributed by atoms with Crippen LogP contribution in [0, 0.1) is 0 Å². The number of imidazole rings is 1. The molecule has 1 aliphatic rings. The molecule has 2 heterocycles. The Kier molecular flexibility index (Phi) is 4.68. The third-order valence-electron chi connectivity index (χ3n) is 5.13. The van der Waals surface area contributed by atoms with E-state index in [1.807, 2.05) is 12.1 Å². The molecule has 5 nitrogen and oxygen atoms in total. The predicted octanol–water partition coefficient (Wildman–Crippen LogP) is 2.42. The van der Waals surface area contributed by atoms with E-state index >= 15 is 0 Å². The SMILES string of the molecule is OCc1ccccc1CCN1CCN(c2cccc3[nH]cnc23)CC1. The fraction of sp³-hybridized carbons (Fsp3) is 0.350. The van der Waals surface area contributed by atoms with Crippen LogP contribution in [-0.2, 0) is 13.0 Å². The Morgan fingerprint density at radius 1 is 0.960 bits per heavy atom. The fourth-order valence-corrected chi connectivity index (χ4v) is 3.65. The average molecular weight is 336 g/mol. The molecular formula is C20H24N4O. The second-order valence-corrected chi connectivity index (χ2v) is 6.58. The molecular weight excluding hydrogens is 312 g/mol. The van der Waals surface area contributed by atoms with E-state index in [2.05, 4.69) is 50.1 Å². The van der Waals surface area contributed by atoms with Gasteiger partial charge in [-0.25, -0.2) is 4.98 Å². The van der Waals surface area contributed by atoms with Gasteiger partial charge >= 0.3 is 0 Å². The Balaban J connectivity index is 1.36. The number of nitrogens with one attached hydrogen (secondary N) is 1. The van der Waals surface area contributed by atoms with E-state index in [0.29, 0.717) is 0 Å². The molecule has 1 saturated heterocycles. The minimum atomic E-state index is 0.123. The van der Waals surface area contributed by atoms with Gasteiger partial charge in [-0.05, 0) is 29.7 Å². The van der Waals surface area contributed by atoms with Crippen molar-refractivity contribution in [2.45, 2.75) is 13.0 Å². The van der Waals surface area contributed by atoms with Crippen LogP contribution in [0.4, 0.5) is 5.69 Å². The molecule has 0 saturated carbocycles. The van der Waals surface area contributed by atoms with Crippen molar-refractivity contribution < 1.29 is 5.11 Å². The summed E-state index contributed by atoms with van der Waals surface area (Å²) in [6.07, 6.45) is 2.76. The molecule has 1 aliphatic heterocycles. The molecule has 25 heavy (non-hydrogen) atoms. The van der Waals surface area contributed by atoms with Crippen LogP contribution in [0.25, 0.3) is 11.0 Å². The molecule has 0 unspecified atom stereocenters. The number of benzene rings is 2. The van der Waals surface area contributed by atoms with Crippen LogP contribution in [0.2, 0.25) is 0 Å². The molecule has 1 aromatic heterocycles. The molecule has 0 spiro atoms. The lowest BCUT2D eigenvalue weighted by atomic mass is 10.0. The summed E-state index contributed by atoms with van der Waals surface area (Å²) < 4.78 is 0. The first-order valence-electron chi connectivity index (χ1n) is 8.92. The second kappa shape index (κ2) is 7.25. The number of aromatic amines is 1. The van der Waals surface area contributed by atoms with Gasteiger partial charge in [0.25, 0.3) is 0 Å². The first-order chi connectivity index (χ1) is 12.3. The normalized spacial score (nSPS) is 15.8. The molecule has 0 amide bonds. The van der Waals surface area contributed by atoms with E-state index in [1.165, 1.54) is 11.3 Å². The van der Waals surface area contributed by atoms with E-state index in [0.717, 1.165) is 55.7 Å². The number of piperazine rings is 1. The molecule has 0 aliphatic carbocycles. The van der Waals surface area contributed by atoms with E-state index in [4.69, 9.17) is 0 Å². The Bertz CT molecular complexity index is 836. The summed E-state index contributed by atoms with van der Waals surface area (Å²) in [6, 6.07) is 14.5. The highest BCUT2D eigenvalue weighted by Crippen LogP contribution is 2.25. The minimum absolute atomic E-state index is 0.123. The monoisotopic (exact) mass is 336 g/mol. The third kappa shape index (κ3) is 3.38. The Morgan fingerprint density at radius 3 is 2.56 bits per heavy atom. The highest BCUT2D eigenvalue weighted by Gasteiger charge is 2.19. The lowest BCUT2D eigenvalue weighted by Gasteiger charge is -2.36. The van der Waals surface area contributed by atoms with Crippen molar-refractivity contribution in [3.63, 3.8) is 0 Å². The van der Waals surface area contributed by atoms with Gasteiger partial charge in [0, 0.05) is 32.7 Å². The summed E-state index contributed by atoms with van der Waals surface area (Å²) in [7, 11) is 0. The smallest absolute Gasteiger partial charge is 0.112 e. The minimum Gasteiger partial charge on any atom is -0.392 e. The van der Waals surface area contributed by atoms with Crippen molar-refractivity contribution in [3.05, 3.63) is 59.9 Å². The molecule has 0 radical (unpaired) electrons. The van der Waals surface area contributed by atoms with E-state index in [9.17, 15) is 5.11 Å². The summed E-state index contributed by atoms with van der Waals surface area (Å²) in [4.78, 5) is 12.6. The number of rotatable bonds is 5. The van der Waals surface area contributed by atoms with Crippen LogP contribution in [0.3, 0.4) is 0 Å². The Morgan fingerprint density at radius 2 is 1.76 bits per heavy atom. The molecule has 1 fully saturated rings. The largest absolute Gasteiger partial charge is 0.392 e. The van der Waals surface area contributed by atoms with Crippen LogP contribution in [0.5, 0.6) is 0 Å². The zero-order chi connectivity index (χ0) is 17.1. The van der Waals surface area contributed by atoms with Gasteiger partial charge in [0.05, 0.1) is 24.1 Å². The lowest BCUT2D eigenvalue weighted by molar-refractivity contribution is 0.258. The molecule has 2 N–H and O–H groups in total. The van der Waals surface area contributed by atoms with E-state index in [-0.39, 0.29) is 6.61 Å². The Labute approximate surface area is 147 Å². The zero-order valence-corrected chi connectivity index (χ0v) is 14.4. The maximum Gasteiger partial charge on any atom is 0.112 e. The number of aliphatic hydroxyl groups excluding tert-OH is 1. The van der Waals surface area contributed by atoms with Crippen molar-refractivity contribution in [2.24, 2.45) is 0 Å². The number of anilines is 1. The van der Waals surface area contributed by atoms with Crippen LogP contribution >= 0.6 is 0 Å². The maximum absolute atomic E-state index is 9.46. The topological polar surface area (TPSA) is 55.4 Å². The second-order valence-electron chi connectivity index (χ2n) is 6.58. The van der Waals surface area contributed by atoms with Crippen molar-refractivity contribution in [3.8, 4) is 0 Å². The van der Waals surface area contributed by atoms with E-state index in [1.54, 1.807) is 6.33 Å². The van der Waals surface area contributed by atoms with Crippen molar-refractivity contribution in [1.82, 2.24) is 14.9 Å². The van der Waals surface area contributed by atoms with E-state index < -0.39 is 0 Å². The number of H-pyrrole nitrogens is 1. The van der Waals surface area contributed by atoms with Gasteiger partial charge in [0.2, 0.25) is 0 Å². The highest BCUT2D eigenvalue weighted by molar-refractivity contribution is 5.88. The van der Waals surface area contributed by atoms with Crippen LogP contribution < -0.4 is 4.90 Å². The lowest BCUT2D eigenvalue weighted by Crippen LogP contribution is -2.47. The van der Waals surface area contributed by atoms with Gasteiger partial charge in [0.1, 0.15) is 5.52 Å². The van der Waals surface area contributed by atoms with Gasteiger partial charge in [-0.15, -0.1) is 0 Å². The average Bonchev–Trinajstić information content (AvgIpc) is 3.16. The maximum atomic E-state index is 9.46. The summed E-state index contributed by atoms with van der Waals surface area (Å²) in [5.41, 5.74) is 5.69. The van der Waals surface area contributed by atoms with Gasteiger partial charge in [-0.2, -0.15) is 0 Å². The number of hydrogen-bond donors (Lipinski definition) is 2. The zero-order valence-electron chi connectivity index (χ0n) is 14.4. The first kappa shape index (κ1) is 16.1. The van der Waals surface area contributed by atoms with Gasteiger partial charge in [-0.1, -0.05) is 30.3 Å². The number of nitrogens with zero attached hydrogens (tertiary/aromatic N) is 3. The number of para-hydroxylation sites is 1. The van der Waals surface area contributed by atoms with Crippen molar-refractivity contribution in [1.29, 1.82) is 0 Å². The standard InChI is InChI=1S/C20H24N4O/c25-14-17-5-2-1-4-16(17)8-9-23-10-12-24(13-11-23)19-7-3-6-18-20(19)22-15-21-18/h1-7,15,25H,8-14H2,(H,21,22). The summed E-state index contributed by atoms with van der Waals surface area (Å²) >= 11 is 0. The molecule has 4 rings (SSSR count). The summed E-state index contributed by atoms with van der Waals surface area (Å²) in [5.74, 6) is 0. The van der Waals surface area contributed by atoms with Crippen LogP contribution in [0.15, 0.2) is 48.8 Å². The van der Waals surface area contributed by atoms with Gasteiger partial charge < -0.3 is 15.0 Å². The fourth-order valence-electron chi connectivity index (χ4n) is 3.65. The van der Waals surface area contributed by atoms with Gasteiger partial charge in [0.15, 0.2) is 0 Å². The molecule has 5 heteroatoms. The van der Waals surface area contributed by atoms with Gasteiger partial charge in [-0.3, -0.25) is 4.90 Å². The quantitative estimate of drug-likeness (QED) is 0.751. The summed E-state index contributed by atoms with van der Waals surface area (Å²) in [6.45, 7) is 5.32. The molecule has 3 aromatic rings. The van der Waals surface area contributed by atoms with Crippen molar-refractivity contribution in [2.75, 3.05) is 37.6 Å². The predicted molar refractivity (Wildman–Crippen MR) is 101 cm³/mol. The van der Waals surface area contributed by atoms with Crippen molar-refractivity contribution >= 4 is 16.7 Å². The van der Waals surface area contributed by atoms with Crippen LogP contribution in [0.1, 0.15) is 11.1 Å². The molecule has 2 aromatic carbocycles. The number of hydrogen-bond acceptors (Lipinski definition) is 4. The third-order valence-corrected chi connectivity index (χ3v) is 5.13.